The number of hydrogen-bond donors (Lipinski definition) is 1. The first-order chi connectivity index (χ1) is 8.02. The van der Waals surface area contributed by atoms with Crippen LogP contribution in [0, 0.1) is 6.92 Å². The second kappa shape index (κ2) is 5.67. The van der Waals surface area contributed by atoms with Gasteiger partial charge in [-0.1, -0.05) is 0 Å². The molecule has 0 aromatic carbocycles. The second-order valence-corrected chi connectivity index (χ2v) is 4.44. The predicted octanol–water partition coefficient (Wildman–Crippen LogP) is 1.99. The SMILES string of the molecule is CCOC(=O)c1sc(C)c(C(=O)OCC)c1N. The molecule has 6 heteroatoms. The quantitative estimate of drug-likeness (QED) is 0.834. The van der Waals surface area contributed by atoms with E-state index in [1.165, 1.54) is 0 Å². The van der Waals surface area contributed by atoms with Crippen LogP contribution < -0.4 is 5.73 Å². The van der Waals surface area contributed by atoms with Crippen molar-refractivity contribution in [3.63, 3.8) is 0 Å². The zero-order valence-corrected chi connectivity index (χ0v) is 10.8. The number of nitrogens with two attached hydrogens (primary N) is 1. The van der Waals surface area contributed by atoms with Gasteiger partial charge in [-0.3, -0.25) is 0 Å². The highest BCUT2D eigenvalue weighted by Crippen LogP contribution is 2.31. The summed E-state index contributed by atoms with van der Waals surface area (Å²) in [5, 5.41) is 0. The molecular weight excluding hydrogens is 242 g/mol. The molecule has 0 atom stereocenters. The van der Waals surface area contributed by atoms with Crippen molar-refractivity contribution in [2.45, 2.75) is 20.8 Å². The number of nitrogen functional groups attached to an aromatic ring is 1. The molecule has 0 fully saturated rings. The number of rotatable bonds is 4. The van der Waals surface area contributed by atoms with E-state index in [0.717, 1.165) is 11.3 Å². The maximum atomic E-state index is 11.6. The van der Waals surface area contributed by atoms with Crippen LogP contribution in [-0.4, -0.2) is 25.2 Å². The maximum Gasteiger partial charge on any atom is 0.350 e. The lowest BCUT2D eigenvalue weighted by Gasteiger charge is -2.03. The van der Waals surface area contributed by atoms with Crippen LogP contribution >= 0.6 is 11.3 Å². The first-order valence-corrected chi connectivity index (χ1v) is 6.07. The summed E-state index contributed by atoms with van der Waals surface area (Å²) >= 11 is 1.14. The number of carbonyl (C=O) groups excluding carboxylic acids is 2. The van der Waals surface area contributed by atoms with Crippen LogP contribution in [0.15, 0.2) is 0 Å². The molecule has 0 amide bonds. The Kier molecular flexibility index (Phi) is 4.51. The Balaban J connectivity index is 3.09. The molecule has 0 saturated carbocycles. The first-order valence-electron chi connectivity index (χ1n) is 5.25. The van der Waals surface area contributed by atoms with Crippen molar-refractivity contribution < 1.29 is 19.1 Å². The van der Waals surface area contributed by atoms with Gasteiger partial charge in [0.15, 0.2) is 0 Å². The molecule has 0 unspecified atom stereocenters. The minimum atomic E-state index is -0.506. The van der Waals surface area contributed by atoms with Crippen LogP contribution in [-0.2, 0) is 9.47 Å². The van der Waals surface area contributed by atoms with Crippen molar-refractivity contribution in [2.75, 3.05) is 18.9 Å². The monoisotopic (exact) mass is 257 g/mol. The summed E-state index contributed by atoms with van der Waals surface area (Å²) < 4.78 is 9.73. The van der Waals surface area contributed by atoms with E-state index in [1.54, 1.807) is 20.8 Å². The van der Waals surface area contributed by atoms with Crippen molar-refractivity contribution in [3.8, 4) is 0 Å². The molecule has 94 valence electrons. The van der Waals surface area contributed by atoms with Crippen molar-refractivity contribution in [1.82, 2.24) is 0 Å². The minimum Gasteiger partial charge on any atom is -0.462 e. The molecule has 1 aromatic heterocycles. The highest BCUT2D eigenvalue weighted by atomic mass is 32.1. The van der Waals surface area contributed by atoms with E-state index >= 15 is 0 Å². The molecule has 1 rings (SSSR count). The Bertz CT molecular complexity index is 439. The van der Waals surface area contributed by atoms with Gasteiger partial charge in [0.25, 0.3) is 0 Å². The Hall–Kier alpha value is -1.56. The zero-order valence-electron chi connectivity index (χ0n) is 10.0. The fourth-order valence-electron chi connectivity index (χ4n) is 1.37. The number of hydrogen-bond acceptors (Lipinski definition) is 6. The van der Waals surface area contributed by atoms with Gasteiger partial charge in [0.2, 0.25) is 0 Å². The minimum absolute atomic E-state index is 0.143. The van der Waals surface area contributed by atoms with Crippen LogP contribution in [0.25, 0.3) is 0 Å². The Morgan fingerprint density at radius 1 is 1.18 bits per heavy atom. The second-order valence-electron chi connectivity index (χ2n) is 3.22. The first kappa shape index (κ1) is 13.5. The highest BCUT2D eigenvalue weighted by molar-refractivity contribution is 7.15. The van der Waals surface area contributed by atoms with Gasteiger partial charge in [-0.2, -0.15) is 0 Å². The van der Waals surface area contributed by atoms with Crippen molar-refractivity contribution >= 4 is 29.0 Å². The number of ether oxygens (including phenoxy) is 2. The molecule has 5 nitrogen and oxygen atoms in total. The summed E-state index contributed by atoms with van der Waals surface area (Å²) in [4.78, 5) is 24.1. The summed E-state index contributed by atoms with van der Waals surface area (Å²) in [6.07, 6.45) is 0. The Morgan fingerprint density at radius 3 is 2.24 bits per heavy atom. The lowest BCUT2D eigenvalue weighted by molar-refractivity contribution is 0.0526. The number of aryl methyl sites for hydroxylation is 1. The summed E-state index contributed by atoms with van der Waals surface area (Å²) in [6.45, 7) is 5.67. The van der Waals surface area contributed by atoms with E-state index < -0.39 is 11.9 Å². The van der Waals surface area contributed by atoms with Gasteiger partial charge < -0.3 is 15.2 Å². The number of carbonyl (C=O) groups is 2. The van der Waals surface area contributed by atoms with Crippen LogP contribution in [0.2, 0.25) is 0 Å². The predicted molar refractivity (Wildman–Crippen MR) is 65.4 cm³/mol. The van der Waals surface area contributed by atoms with Crippen molar-refractivity contribution in [2.24, 2.45) is 0 Å². The zero-order chi connectivity index (χ0) is 13.0. The molecule has 0 aliphatic rings. The van der Waals surface area contributed by atoms with E-state index in [-0.39, 0.29) is 29.3 Å². The highest BCUT2D eigenvalue weighted by Gasteiger charge is 2.24. The molecule has 0 radical (unpaired) electrons. The molecular formula is C11H15NO4S. The third kappa shape index (κ3) is 2.76. The van der Waals surface area contributed by atoms with Crippen LogP contribution in [0.5, 0.6) is 0 Å². The summed E-state index contributed by atoms with van der Waals surface area (Å²) in [5.41, 5.74) is 6.18. The van der Waals surface area contributed by atoms with Gasteiger partial charge in [-0.05, 0) is 20.8 Å². The van der Waals surface area contributed by atoms with Crippen molar-refractivity contribution in [3.05, 3.63) is 15.3 Å². The third-order valence-electron chi connectivity index (χ3n) is 2.06. The lowest BCUT2D eigenvalue weighted by atomic mass is 10.2. The summed E-state index contributed by atoms with van der Waals surface area (Å²) in [5.74, 6) is -1.01. The summed E-state index contributed by atoms with van der Waals surface area (Å²) in [6, 6.07) is 0. The fraction of sp³-hybridized carbons (Fsp3) is 0.455. The molecule has 0 spiro atoms. The molecule has 2 N–H and O–H groups in total. The van der Waals surface area contributed by atoms with Gasteiger partial charge in [0, 0.05) is 4.88 Å². The van der Waals surface area contributed by atoms with Gasteiger partial charge in [0.05, 0.1) is 24.5 Å². The number of thiophene rings is 1. The average Bonchev–Trinajstić information content (AvgIpc) is 2.55. The van der Waals surface area contributed by atoms with E-state index in [0.29, 0.717) is 4.88 Å². The van der Waals surface area contributed by atoms with Crippen LogP contribution in [0.3, 0.4) is 0 Å². The fourth-order valence-corrected chi connectivity index (χ4v) is 2.32. The normalized spacial score (nSPS) is 10.1. The molecule has 17 heavy (non-hydrogen) atoms. The number of anilines is 1. The van der Waals surface area contributed by atoms with Crippen LogP contribution in [0.4, 0.5) is 5.69 Å². The maximum absolute atomic E-state index is 11.6. The van der Waals surface area contributed by atoms with E-state index in [9.17, 15) is 9.59 Å². The lowest BCUT2D eigenvalue weighted by Crippen LogP contribution is -2.10. The largest absolute Gasteiger partial charge is 0.462 e. The molecule has 0 bridgehead atoms. The molecule has 1 heterocycles. The number of esters is 2. The van der Waals surface area contributed by atoms with Crippen molar-refractivity contribution in [1.29, 1.82) is 0 Å². The molecule has 1 aromatic rings. The van der Waals surface area contributed by atoms with E-state index in [2.05, 4.69) is 0 Å². The topological polar surface area (TPSA) is 78.6 Å². The van der Waals surface area contributed by atoms with E-state index in [1.807, 2.05) is 0 Å². The van der Waals surface area contributed by atoms with Gasteiger partial charge in [-0.15, -0.1) is 11.3 Å². The van der Waals surface area contributed by atoms with Gasteiger partial charge in [-0.25, -0.2) is 9.59 Å². The Morgan fingerprint density at radius 2 is 1.71 bits per heavy atom. The van der Waals surface area contributed by atoms with Gasteiger partial charge in [0.1, 0.15) is 4.88 Å². The smallest absolute Gasteiger partial charge is 0.350 e. The third-order valence-corrected chi connectivity index (χ3v) is 3.16. The van der Waals surface area contributed by atoms with E-state index in [4.69, 9.17) is 15.2 Å². The standard InChI is InChI=1S/C11H15NO4S/c1-4-15-10(13)7-6(3)17-9(8(7)12)11(14)16-5-2/h4-5,12H2,1-3H3. The average molecular weight is 257 g/mol. The molecule has 0 saturated heterocycles. The molecule has 0 aliphatic carbocycles. The molecule has 0 aliphatic heterocycles. The van der Waals surface area contributed by atoms with Crippen LogP contribution in [0.1, 0.15) is 38.8 Å². The summed E-state index contributed by atoms with van der Waals surface area (Å²) in [7, 11) is 0. The van der Waals surface area contributed by atoms with Gasteiger partial charge >= 0.3 is 11.9 Å². The Labute approximate surface area is 104 Å².